The van der Waals surface area contributed by atoms with E-state index in [9.17, 15) is 18.0 Å². The number of carbonyl (C=O) groups is 1. The van der Waals surface area contributed by atoms with Gasteiger partial charge in [-0.05, 0) is 26.0 Å². The number of aromatic nitrogens is 2. The Balaban J connectivity index is 2.49. The lowest BCUT2D eigenvalue weighted by atomic mass is 10.00. The molecular formula is C14H13F3N2O. The summed E-state index contributed by atoms with van der Waals surface area (Å²) in [6.07, 6.45) is -4.46. The number of nitrogens with zero attached hydrogens (tertiary/aromatic N) is 2. The van der Waals surface area contributed by atoms with Crippen LogP contribution in [-0.4, -0.2) is 15.6 Å². The van der Waals surface area contributed by atoms with Gasteiger partial charge in [-0.25, -0.2) is 0 Å². The lowest BCUT2D eigenvalue weighted by Gasteiger charge is -2.08. The molecule has 2 aromatic rings. The number of rotatable bonds is 2. The summed E-state index contributed by atoms with van der Waals surface area (Å²) in [5.41, 5.74) is 0.672. The molecular weight excluding hydrogens is 269 g/mol. The van der Waals surface area contributed by atoms with Crippen molar-refractivity contribution in [2.75, 3.05) is 0 Å². The van der Waals surface area contributed by atoms with Crippen molar-refractivity contribution in [3.05, 3.63) is 52.3 Å². The lowest BCUT2D eigenvalue weighted by molar-refractivity contribution is -0.137. The average molecular weight is 282 g/mol. The summed E-state index contributed by atoms with van der Waals surface area (Å²) in [5, 5.41) is 4.10. The molecule has 0 saturated carbocycles. The molecule has 0 amide bonds. The minimum atomic E-state index is -4.46. The van der Waals surface area contributed by atoms with Gasteiger partial charge in [0.25, 0.3) is 0 Å². The Bertz CT molecular complexity index is 672. The number of carbonyl (C=O) groups excluding carboxylic acids is 1. The summed E-state index contributed by atoms with van der Waals surface area (Å²) < 4.78 is 39.5. The van der Waals surface area contributed by atoms with E-state index in [1.807, 2.05) is 0 Å². The van der Waals surface area contributed by atoms with Gasteiger partial charge in [0.1, 0.15) is 0 Å². The van der Waals surface area contributed by atoms with Crippen molar-refractivity contribution in [2.45, 2.75) is 20.0 Å². The normalized spacial score (nSPS) is 11.7. The first-order valence-corrected chi connectivity index (χ1v) is 5.94. The SMILES string of the molecule is Cc1nn(C)c(C)c1C(=O)c1cccc(C(F)(F)F)c1. The summed E-state index contributed by atoms with van der Waals surface area (Å²) >= 11 is 0. The molecule has 0 atom stereocenters. The fourth-order valence-corrected chi connectivity index (χ4v) is 2.08. The zero-order valence-corrected chi connectivity index (χ0v) is 11.2. The highest BCUT2D eigenvalue weighted by molar-refractivity contribution is 6.10. The van der Waals surface area contributed by atoms with Crippen LogP contribution >= 0.6 is 0 Å². The van der Waals surface area contributed by atoms with Gasteiger partial charge in [0.15, 0.2) is 5.78 Å². The molecule has 2 rings (SSSR count). The third-order valence-corrected chi connectivity index (χ3v) is 3.19. The van der Waals surface area contributed by atoms with Crippen LogP contribution in [0.5, 0.6) is 0 Å². The number of alkyl halides is 3. The van der Waals surface area contributed by atoms with Crippen molar-refractivity contribution in [3.63, 3.8) is 0 Å². The van der Waals surface area contributed by atoms with E-state index in [0.29, 0.717) is 17.0 Å². The van der Waals surface area contributed by atoms with E-state index in [1.165, 1.54) is 16.8 Å². The summed E-state index contributed by atoms with van der Waals surface area (Å²) in [6.45, 7) is 3.37. The second-order valence-electron chi connectivity index (χ2n) is 4.58. The molecule has 6 heteroatoms. The number of halogens is 3. The third kappa shape index (κ3) is 2.45. The minimum absolute atomic E-state index is 0.0130. The van der Waals surface area contributed by atoms with E-state index in [4.69, 9.17) is 0 Å². The van der Waals surface area contributed by atoms with Gasteiger partial charge in [0.05, 0.1) is 16.8 Å². The third-order valence-electron chi connectivity index (χ3n) is 3.19. The summed E-state index contributed by atoms with van der Waals surface area (Å²) in [5.74, 6) is -0.445. The fraction of sp³-hybridized carbons (Fsp3) is 0.286. The van der Waals surface area contributed by atoms with Crippen LogP contribution in [0.4, 0.5) is 13.2 Å². The topological polar surface area (TPSA) is 34.9 Å². The maximum atomic E-state index is 12.7. The summed E-state index contributed by atoms with van der Waals surface area (Å²) in [4.78, 5) is 12.4. The van der Waals surface area contributed by atoms with Gasteiger partial charge in [-0.15, -0.1) is 0 Å². The molecule has 0 unspecified atom stereocenters. The van der Waals surface area contributed by atoms with Gasteiger partial charge >= 0.3 is 6.18 Å². The highest BCUT2D eigenvalue weighted by Gasteiger charge is 2.31. The van der Waals surface area contributed by atoms with Crippen LogP contribution in [0.2, 0.25) is 0 Å². The van der Waals surface area contributed by atoms with Gasteiger partial charge in [0, 0.05) is 18.3 Å². The van der Waals surface area contributed by atoms with Gasteiger partial charge in [0.2, 0.25) is 0 Å². The largest absolute Gasteiger partial charge is 0.416 e. The highest BCUT2D eigenvalue weighted by atomic mass is 19.4. The van der Waals surface area contributed by atoms with Crippen molar-refractivity contribution in [1.29, 1.82) is 0 Å². The Kier molecular flexibility index (Phi) is 3.41. The molecule has 0 fully saturated rings. The summed E-state index contributed by atoms with van der Waals surface area (Å²) in [7, 11) is 1.69. The molecule has 106 valence electrons. The molecule has 0 radical (unpaired) electrons. The van der Waals surface area contributed by atoms with Crippen molar-refractivity contribution < 1.29 is 18.0 Å². The Labute approximate surface area is 114 Å². The number of ketones is 1. The molecule has 0 aliphatic rings. The van der Waals surface area contributed by atoms with E-state index in [2.05, 4.69) is 5.10 Å². The van der Waals surface area contributed by atoms with Crippen LogP contribution in [-0.2, 0) is 13.2 Å². The van der Waals surface area contributed by atoms with Crippen molar-refractivity contribution in [2.24, 2.45) is 7.05 Å². The van der Waals surface area contributed by atoms with Gasteiger partial charge in [-0.1, -0.05) is 12.1 Å². The van der Waals surface area contributed by atoms with Crippen molar-refractivity contribution in [1.82, 2.24) is 9.78 Å². The second-order valence-corrected chi connectivity index (χ2v) is 4.58. The second kappa shape index (κ2) is 4.77. The van der Waals surface area contributed by atoms with E-state index in [-0.39, 0.29) is 5.56 Å². The molecule has 1 heterocycles. The van der Waals surface area contributed by atoms with Crippen LogP contribution < -0.4 is 0 Å². The molecule has 1 aromatic heterocycles. The number of benzene rings is 1. The monoisotopic (exact) mass is 282 g/mol. The van der Waals surface area contributed by atoms with E-state index in [0.717, 1.165) is 12.1 Å². The molecule has 1 aromatic carbocycles. The number of aryl methyl sites for hydroxylation is 2. The first-order valence-electron chi connectivity index (χ1n) is 5.94. The average Bonchev–Trinajstić information content (AvgIpc) is 2.62. The van der Waals surface area contributed by atoms with Crippen LogP contribution in [0, 0.1) is 13.8 Å². The lowest BCUT2D eigenvalue weighted by Crippen LogP contribution is -2.09. The molecule has 0 bridgehead atoms. The molecule has 0 N–H and O–H groups in total. The Morgan fingerprint density at radius 1 is 1.25 bits per heavy atom. The quantitative estimate of drug-likeness (QED) is 0.792. The fourth-order valence-electron chi connectivity index (χ4n) is 2.08. The van der Waals surface area contributed by atoms with Crippen molar-refractivity contribution in [3.8, 4) is 0 Å². The zero-order valence-electron chi connectivity index (χ0n) is 11.2. The predicted octanol–water partition coefficient (Wildman–Crippen LogP) is 3.29. The predicted molar refractivity (Wildman–Crippen MR) is 67.6 cm³/mol. The minimum Gasteiger partial charge on any atom is -0.288 e. The zero-order chi connectivity index (χ0) is 15.1. The smallest absolute Gasteiger partial charge is 0.288 e. The first kappa shape index (κ1) is 14.3. The van der Waals surface area contributed by atoms with Crippen LogP contribution in [0.15, 0.2) is 24.3 Å². The number of hydrogen-bond acceptors (Lipinski definition) is 2. The van der Waals surface area contributed by atoms with Crippen LogP contribution in [0.3, 0.4) is 0 Å². The maximum Gasteiger partial charge on any atom is 0.416 e. The molecule has 0 aliphatic heterocycles. The van der Waals surface area contributed by atoms with Crippen molar-refractivity contribution >= 4 is 5.78 Å². The molecule has 20 heavy (non-hydrogen) atoms. The maximum absolute atomic E-state index is 12.7. The molecule has 3 nitrogen and oxygen atoms in total. The Morgan fingerprint density at radius 2 is 1.90 bits per heavy atom. The van der Waals surface area contributed by atoms with Gasteiger partial charge < -0.3 is 0 Å². The standard InChI is InChI=1S/C14H13F3N2O/c1-8-12(9(2)19(3)18-8)13(20)10-5-4-6-11(7-10)14(15,16)17/h4-7H,1-3H3. The summed E-state index contributed by atoms with van der Waals surface area (Å²) in [6, 6.07) is 4.43. The van der Waals surface area contributed by atoms with Gasteiger partial charge in [-0.3, -0.25) is 9.48 Å². The van der Waals surface area contributed by atoms with Crippen LogP contribution in [0.25, 0.3) is 0 Å². The Hall–Kier alpha value is -2.11. The van der Waals surface area contributed by atoms with E-state index >= 15 is 0 Å². The van der Waals surface area contributed by atoms with Gasteiger partial charge in [-0.2, -0.15) is 18.3 Å². The molecule has 0 aliphatic carbocycles. The van der Waals surface area contributed by atoms with Crippen LogP contribution in [0.1, 0.15) is 32.9 Å². The van der Waals surface area contributed by atoms with E-state index < -0.39 is 17.5 Å². The first-order chi connectivity index (χ1) is 9.21. The molecule has 0 spiro atoms. The highest BCUT2D eigenvalue weighted by Crippen LogP contribution is 2.30. The Morgan fingerprint density at radius 3 is 2.40 bits per heavy atom. The van der Waals surface area contributed by atoms with E-state index in [1.54, 1.807) is 20.9 Å². The number of hydrogen-bond donors (Lipinski definition) is 0. The molecule has 0 saturated heterocycles.